The molecule has 29 heavy (non-hydrogen) atoms. The average molecular weight is 431 g/mol. The van der Waals surface area contributed by atoms with Gasteiger partial charge in [-0.3, -0.25) is 4.79 Å². The summed E-state index contributed by atoms with van der Waals surface area (Å²) in [5, 5.41) is 3.69. The minimum Gasteiger partial charge on any atom is -0.352 e. The van der Waals surface area contributed by atoms with Gasteiger partial charge in [0.2, 0.25) is 0 Å². The number of rotatable bonds is 8. The molecule has 0 atom stereocenters. The zero-order valence-electron chi connectivity index (χ0n) is 17.1. The van der Waals surface area contributed by atoms with E-state index in [2.05, 4.69) is 34.0 Å². The van der Waals surface area contributed by atoms with Crippen LogP contribution in [0.3, 0.4) is 0 Å². The predicted octanol–water partition coefficient (Wildman–Crippen LogP) is 4.46. The lowest BCUT2D eigenvalue weighted by atomic mass is 9.98. The van der Waals surface area contributed by atoms with E-state index in [1.165, 1.54) is 0 Å². The van der Waals surface area contributed by atoms with Crippen molar-refractivity contribution in [2.24, 2.45) is 0 Å². The lowest BCUT2D eigenvalue weighted by molar-refractivity contribution is -0.117. The van der Waals surface area contributed by atoms with E-state index in [4.69, 9.17) is 23.8 Å². The number of hydrogen-bond acceptors (Lipinski definition) is 4. The van der Waals surface area contributed by atoms with E-state index in [-0.39, 0.29) is 5.91 Å². The van der Waals surface area contributed by atoms with Gasteiger partial charge in [0.25, 0.3) is 5.91 Å². The minimum atomic E-state index is -0.116. The number of benzene rings is 1. The second-order valence-corrected chi connectivity index (χ2v) is 8.09. The van der Waals surface area contributed by atoms with Crippen molar-refractivity contribution in [2.45, 2.75) is 33.6 Å². The molecule has 2 aromatic rings. The van der Waals surface area contributed by atoms with E-state index in [1.54, 1.807) is 0 Å². The van der Waals surface area contributed by atoms with Crippen LogP contribution in [0, 0.1) is 6.92 Å². The summed E-state index contributed by atoms with van der Waals surface area (Å²) < 4.78 is 0. The van der Waals surface area contributed by atoms with Crippen molar-refractivity contribution in [3.63, 3.8) is 0 Å². The van der Waals surface area contributed by atoms with Gasteiger partial charge >= 0.3 is 0 Å². The molecule has 0 saturated heterocycles. The Morgan fingerprint density at radius 1 is 1.34 bits per heavy atom. The van der Waals surface area contributed by atoms with Gasteiger partial charge in [0.15, 0.2) is 0 Å². The van der Waals surface area contributed by atoms with Crippen molar-refractivity contribution in [3.05, 3.63) is 46.3 Å². The van der Waals surface area contributed by atoms with Crippen molar-refractivity contribution >= 4 is 51.2 Å². The van der Waals surface area contributed by atoms with Crippen LogP contribution in [0.1, 0.15) is 38.1 Å². The maximum atomic E-state index is 12.7. The Kier molecular flexibility index (Phi) is 7.22. The highest BCUT2D eigenvalue weighted by atomic mass is 35.5. The molecule has 0 radical (unpaired) electrons. The van der Waals surface area contributed by atoms with E-state index in [0.717, 1.165) is 54.0 Å². The van der Waals surface area contributed by atoms with Crippen LogP contribution in [0.2, 0.25) is 5.02 Å². The smallest absolute Gasteiger partial charge is 0.252 e. The van der Waals surface area contributed by atoms with Gasteiger partial charge in [0.1, 0.15) is 5.82 Å². The Balaban J connectivity index is 1.71. The zero-order chi connectivity index (χ0) is 21.0. The van der Waals surface area contributed by atoms with Crippen LogP contribution in [-0.4, -0.2) is 51.8 Å². The summed E-state index contributed by atoms with van der Waals surface area (Å²) in [6.07, 6.45) is 5.31. The molecule has 154 valence electrons. The zero-order valence-corrected chi connectivity index (χ0v) is 18.7. The van der Waals surface area contributed by atoms with Crippen molar-refractivity contribution < 1.29 is 4.79 Å². The number of aromatic nitrogens is 2. The molecule has 1 aromatic heterocycles. The van der Waals surface area contributed by atoms with Gasteiger partial charge in [-0.2, -0.15) is 0 Å². The number of fused-ring (bicyclic) bond motifs is 1. The fourth-order valence-corrected chi connectivity index (χ4v) is 3.77. The molecule has 0 saturated carbocycles. The number of thiocarbonyl (C=S) groups is 1. The van der Waals surface area contributed by atoms with Crippen LogP contribution >= 0.6 is 23.8 Å². The van der Waals surface area contributed by atoms with Gasteiger partial charge in [0, 0.05) is 28.4 Å². The maximum absolute atomic E-state index is 12.7. The number of allylic oxidation sites excluding steroid dienone is 3. The van der Waals surface area contributed by atoms with E-state index in [9.17, 15) is 4.79 Å². The first kappa shape index (κ1) is 21.7. The third-order valence-corrected chi connectivity index (χ3v) is 6.01. The molecule has 0 bridgehead atoms. The van der Waals surface area contributed by atoms with Gasteiger partial charge in [-0.25, -0.2) is 4.98 Å². The van der Waals surface area contributed by atoms with Crippen molar-refractivity contribution in [1.82, 2.24) is 20.2 Å². The quantitative estimate of drug-likeness (QED) is 0.479. The predicted molar refractivity (Wildman–Crippen MR) is 125 cm³/mol. The Morgan fingerprint density at radius 2 is 2.10 bits per heavy atom. The topological polar surface area (TPSA) is 61.0 Å². The van der Waals surface area contributed by atoms with E-state index in [1.807, 2.05) is 31.2 Å². The lowest BCUT2D eigenvalue weighted by Crippen LogP contribution is -2.32. The Hall–Kier alpha value is -2.02. The highest BCUT2D eigenvalue weighted by Gasteiger charge is 2.20. The number of imidazole rings is 1. The number of halogens is 1. The minimum absolute atomic E-state index is 0.116. The van der Waals surface area contributed by atoms with Crippen molar-refractivity contribution in [3.8, 4) is 0 Å². The molecule has 1 aromatic carbocycles. The Labute approximate surface area is 182 Å². The molecule has 5 nitrogen and oxygen atoms in total. The van der Waals surface area contributed by atoms with Crippen LogP contribution in [0.4, 0.5) is 0 Å². The van der Waals surface area contributed by atoms with E-state index in [0.29, 0.717) is 28.4 Å². The molecule has 7 heteroatoms. The lowest BCUT2D eigenvalue weighted by Gasteiger charge is -2.18. The van der Waals surface area contributed by atoms with E-state index >= 15 is 0 Å². The molecule has 1 amide bonds. The number of H-pyrrole nitrogens is 1. The first-order chi connectivity index (χ1) is 13.9. The fraction of sp³-hybridized carbons (Fsp3) is 0.409. The number of hydrogen-bond donors (Lipinski definition) is 2. The normalized spacial score (nSPS) is 14.3. The largest absolute Gasteiger partial charge is 0.352 e. The summed E-state index contributed by atoms with van der Waals surface area (Å²) >= 11 is 11.6. The van der Waals surface area contributed by atoms with Gasteiger partial charge < -0.3 is 15.2 Å². The SMILES string of the molecule is CCN(CC)CCCNC(=O)C1=CC(c2nc3cc(Cl)c(C)cc3[nH]2)=CCC1=S. The number of amides is 1. The summed E-state index contributed by atoms with van der Waals surface area (Å²) in [6, 6.07) is 3.84. The molecular weight excluding hydrogens is 404 g/mol. The molecule has 0 spiro atoms. The summed E-state index contributed by atoms with van der Waals surface area (Å²) in [5.74, 6) is 0.603. The van der Waals surface area contributed by atoms with Crippen LogP contribution in [0.5, 0.6) is 0 Å². The number of carbonyl (C=O) groups is 1. The Bertz CT molecular complexity index is 949. The van der Waals surface area contributed by atoms with Gasteiger partial charge in [-0.1, -0.05) is 43.7 Å². The molecule has 1 aliphatic carbocycles. The second-order valence-electron chi connectivity index (χ2n) is 7.19. The monoisotopic (exact) mass is 430 g/mol. The number of carbonyl (C=O) groups excluding carboxylic acids is 1. The second kappa shape index (κ2) is 9.65. The summed E-state index contributed by atoms with van der Waals surface area (Å²) in [7, 11) is 0. The van der Waals surface area contributed by atoms with Crippen molar-refractivity contribution in [1.29, 1.82) is 0 Å². The molecule has 0 aliphatic heterocycles. The first-order valence-electron chi connectivity index (χ1n) is 10.0. The summed E-state index contributed by atoms with van der Waals surface area (Å²) in [4.78, 5) is 23.6. The van der Waals surface area contributed by atoms with Crippen LogP contribution in [0.25, 0.3) is 16.6 Å². The number of nitrogens with zero attached hydrogens (tertiary/aromatic N) is 2. The van der Waals surface area contributed by atoms with Gasteiger partial charge in [-0.05, 0) is 56.8 Å². The third kappa shape index (κ3) is 5.13. The van der Waals surface area contributed by atoms with Gasteiger partial charge in [0.05, 0.1) is 16.6 Å². The van der Waals surface area contributed by atoms with E-state index < -0.39 is 0 Å². The fourth-order valence-electron chi connectivity index (χ4n) is 3.38. The molecule has 0 fully saturated rings. The van der Waals surface area contributed by atoms with Gasteiger partial charge in [-0.15, -0.1) is 0 Å². The Morgan fingerprint density at radius 3 is 2.83 bits per heavy atom. The van der Waals surface area contributed by atoms with Crippen LogP contribution in [0.15, 0.2) is 29.9 Å². The average Bonchev–Trinajstić information content (AvgIpc) is 3.11. The number of aryl methyl sites for hydroxylation is 1. The molecular formula is C22H27ClN4OS. The first-order valence-corrected chi connectivity index (χ1v) is 10.8. The third-order valence-electron chi connectivity index (χ3n) is 5.22. The standard InChI is InChI=1S/C22H27ClN4OS/c1-4-27(5-2)10-6-9-24-22(28)16-12-15(7-8-20(16)29)21-25-18-11-14(3)17(23)13-19(18)26-21/h7,11-13H,4-6,8-10H2,1-3H3,(H,24,28)(H,25,26). The molecule has 2 N–H and O–H groups in total. The highest BCUT2D eigenvalue weighted by Crippen LogP contribution is 2.27. The highest BCUT2D eigenvalue weighted by molar-refractivity contribution is 7.81. The molecule has 1 aliphatic rings. The summed E-state index contributed by atoms with van der Waals surface area (Å²) in [5.41, 5.74) is 4.15. The molecule has 0 unspecified atom stereocenters. The molecule has 3 rings (SSSR count). The van der Waals surface area contributed by atoms with Crippen molar-refractivity contribution in [2.75, 3.05) is 26.2 Å². The number of aromatic amines is 1. The number of nitrogens with one attached hydrogen (secondary N) is 2. The maximum Gasteiger partial charge on any atom is 0.252 e. The van der Waals surface area contributed by atoms with Crippen LogP contribution in [-0.2, 0) is 4.79 Å². The molecule has 1 heterocycles. The summed E-state index contributed by atoms with van der Waals surface area (Å²) in [6.45, 7) is 9.91. The van der Waals surface area contributed by atoms with Crippen LogP contribution < -0.4 is 5.32 Å².